The van der Waals surface area contributed by atoms with Crippen LogP contribution < -0.4 is 4.74 Å². The fraction of sp³-hybridized carbons (Fsp3) is 0.533. The number of benzene rings is 1. The molecule has 1 aromatic carbocycles. The highest BCUT2D eigenvalue weighted by molar-refractivity contribution is 7.99. The predicted molar refractivity (Wildman–Crippen MR) is 84.0 cm³/mol. The Hall–Kier alpha value is -1.20. The maximum Gasteiger partial charge on any atom is 0.335 e. The number of aromatic carboxylic acids is 1. The molecule has 1 N–H and O–H groups in total. The first-order chi connectivity index (χ1) is 9.67. The number of carboxylic acids is 1. The first-order valence-corrected chi connectivity index (χ1v) is 8.09. The minimum absolute atomic E-state index is 0.261. The van der Waals surface area contributed by atoms with Gasteiger partial charge in [0.1, 0.15) is 5.75 Å². The summed E-state index contributed by atoms with van der Waals surface area (Å²) in [6.45, 7) is 8.24. The summed E-state index contributed by atoms with van der Waals surface area (Å²) in [5.74, 6) is 1.71. The maximum atomic E-state index is 10.8. The molecule has 0 radical (unpaired) electrons. The summed E-state index contributed by atoms with van der Waals surface area (Å²) in [5.41, 5.74) is 0.261. The lowest BCUT2D eigenvalue weighted by Gasteiger charge is -2.17. The molecule has 0 aliphatic carbocycles. The van der Waals surface area contributed by atoms with Gasteiger partial charge in [0.05, 0.1) is 12.2 Å². The van der Waals surface area contributed by atoms with Crippen molar-refractivity contribution >= 4 is 17.7 Å². The summed E-state index contributed by atoms with van der Waals surface area (Å²) in [6.07, 6.45) is 0. The molecule has 0 fully saturated rings. The van der Waals surface area contributed by atoms with Crippen LogP contribution in [0.2, 0.25) is 0 Å². The van der Waals surface area contributed by atoms with Crippen molar-refractivity contribution < 1.29 is 14.6 Å². The zero-order valence-corrected chi connectivity index (χ0v) is 13.0. The SMILES string of the molecule is CCN(CC)CCSCCOc1cccc(C(=O)O)c1. The molecule has 0 amide bonds. The van der Waals surface area contributed by atoms with Crippen LogP contribution in [-0.2, 0) is 0 Å². The van der Waals surface area contributed by atoms with Crippen LogP contribution in [0.4, 0.5) is 0 Å². The minimum Gasteiger partial charge on any atom is -0.493 e. The lowest BCUT2D eigenvalue weighted by Crippen LogP contribution is -2.25. The van der Waals surface area contributed by atoms with Gasteiger partial charge < -0.3 is 14.7 Å². The molecule has 0 bridgehead atoms. The lowest BCUT2D eigenvalue weighted by atomic mass is 10.2. The van der Waals surface area contributed by atoms with Gasteiger partial charge in [-0.15, -0.1) is 0 Å². The second-order valence-electron chi connectivity index (χ2n) is 4.32. The van der Waals surface area contributed by atoms with Crippen LogP contribution in [0.25, 0.3) is 0 Å². The van der Waals surface area contributed by atoms with Crippen molar-refractivity contribution in [1.82, 2.24) is 4.90 Å². The molecule has 0 atom stereocenters. The number of rotatable bonds is 10. The molecule has 0 aliphatic rings. The van der Waals surface area contributed by atoms with Crippen molar-refractivity contribution in [3.63, 3.8) is 0 Å². The third-order valence-corrected chi connectivity index (χ3v) is 3.95. The largest absolute Gasteiger partial charge is 0.493 e. The monoisotopic (exact) mass is 297 g/mol. The van der Waals surface area contributed by atoms with Crippen molar-refractivity contribution in [3.8, 4) is 5.75 Å². The number of thioether (sulfide) groups is 1. The second-order valence-corrected chi connectivity index (χ2v) is 5.55. The summed E-state index contributed by atoms with van der Waals surface area (Å²) in [6, 6.07) is 6.61. The number of carboxylic acid groups (broad SMARTS) is 1. The molecule has 1 aromatic rings. The van der Waals surface area contributed by atoms with Gasteiger partial charge in [-0.05, 0) is 31.3 Å². The Labute approximate surface area is 125 Å². The third kappa shape index (κ3) is 6.30. The minimum atomic E-state index is -0.927. The highest BCUT2D eigenvalue weighted by Gasteiger charge is 2.03. The Kier molecular flexibility index (Phi) is 8.14. The highest BCUT2D eigenvalue weighted by Crippen LogP contribution is 2.13. The Bertz CT molecular complexity index is 408. The van der Waals surface area contributed by atoms with E-state index in [9.17, 15) is 4.79 Å². The zero-order chi connectivity index (χ0) is 14.8. The van der Waals surface area contributed by atoms with Gasteiger partial charge >= 0.3 is 5.97 Å². The van der Waals surface area contributed by atoms with Gasteiger partial charge in [0.2, 0.25) is 0 Å². The standard InChI is InChI=1S/C15H23NO3S/c1-3-16(4-2)8-10-20-11-9-19-14-7-5-6-13(12-14)15(17)18/h5-7,12H,3-4,8-11H2,1-2H3,(H,17,18). The molecule has 5 heteroatoms. The van der Waals surface area contributed by atoms with Crippen LogP contribution in [0.1, 0.15) is 24.2 Å². The van der Waals surface area contributed by atoms with Crippen molar-refractivity contribution in [2.24, 2.45) is 0 Å². The van der Waals surface area contributed by atoms with Crippen LogP contribution in [-0.4, -0.2) is 53.7 Å². The molecule has 0 unspecified atom stereocenters. The van der Waals surface area contributed by atoms with Crippen LogP contribution in [0.3, 0.4) is 0 Å². The fourth-order valence-corrected chi connectivity index (χ4v) is 2.57. The van der Waals surface area contributed by atoms with E-state index >= 15 is 0 Å². The molecule has 1 rings (SSSR count). The van der Waals surface area contributed by atoms with Crippen LogP contribution in [0.15, 0.2) is 24.3 Å². The number of hydrogen-bond acceptors (Lipinski definition) is 4. The van der Waals surface area contributed by atoms with Gasteiger partial charge in [0.25, 0.3) is 0 Å². The van der Waals surface area contributed by atoms with E-state index in [0.717, 1.165) is 31.1 Å². The molecular formula is C15H23NO3S. The Morgan fingerprint density at radius 3 is 2.70 bits per heavy atom. The highest BCUT2D eigenvalue weighted by atomic mass is 32.2. The molecule has 0 saturated carbocycles. The zero-order valence-electron chi connectivity index (χ0n) is 12.2. The van der Waals surface area contributed by atoms with E-state index in [1.165, 1.54) is 0 Å². The summed E-state index contributed by atoms with van der Waals surface area (Å²) in [7, 11) is 0. The molecule has 4 nitrogen and oxygen atoms in total. The molecule has 20 heavy (non-hydrogen) atoms. The van der Waals surface area contributed by atoms with Crippen molar-refractivity contribution in [1.29, 1.82) is 0 Å². The van der Waals surface area contributed by atoms with E-state index in [-0.39, 0.29) is 5.56 Å². The third-order valence-electron chi connectivity index (χ3n) is 3.02. The Morgan fingerprint density at radius 1 is 1.30 bits per heavy atom. The van der Waals surface area contributed by atoms with E-state index < -0.39 is 5.97 Å². The number of carbonyl (C=O) groups is 1. The van der Waals surface area contributed by atoms with E-state index in [1.807, 2.05) is 11.8 Å². The first kappa shape index (κ1) is 16.9. The van der Waals surface area contributed by atoms with Crippen LogP contribution in [0, 0.1) is 0 Å². The molecule has 0 aliphatic heterocycles. The topological polar surface area (TPSA) is 49.8 Å². The van der Waals surface area contributed by atoms with E-state index in [0.29, 0.717) is 12.4 Å². The van der Waals surface area contributed by atoms with Gasteiger partial charge in [0, 0.05) is 18.1 Å². The molecule has 0 spiro atoms. The normalized spacial score (nSPS) is 10.8. The number of hydrogen-bond donors (Lipinski definition) is 1. The maximum absolute atomic E-state index is 10.8. The van der Waals surface area contributed by atoms with Crippen LogP contribution in [0.5, 0.6) is 5.75 Å². The summed E-state index contributed by atoms with van der Waals surface area (Å²) in [4.78, 5) is 13.2. The van der Waals surface area contributed by atoms with Gasteiger partial charge in [0.15, 0.2) is 0 Å². The quantitative estimate of drug-likeness (QED) is 0.673. The Balaban J connectivity index is 2.18. The van der Waals surface area contributed by atoms with Gasteiger partial charge in [-0.1, -0.05) is 19.9 Å². The second kappa shape index (κ2) is 9.66. The Morgan fingerprint density at radius 2 is 2.05 bits per heavy atom. The fourth-order valence-electron chi connectivity index (χ4n) is 1.77. The molecule has 0 aromatic heterocycles. The number of nitrogens with zero attached hydrogens (tertiary/aromatic N) is 1. The van der Waals surface area contributed by atoms with E-state index in [1.54, 1.807) is 24.3 Å². The summed E-state index contributed by atoms with van der Waals surface area (Å²) >= 11 is 1.86. The van der Waals surface area contributed by atoms with Gasteiger partial charge in [-0.2, -0.15) is 11.8 Å². The average molecular weight is 297 g/mol. The summed E-state index contributed by atoms with van der Waals surface area (Å²) < 4.78 is 5.56. The molecule has 0 heterocycles. The van der Waals surface area contributed by atoms with Crippen molar-refractivity contribution in [2.75, 3.05) is 37.7 Å². The van der Waals surface area contributed by atoms with Crippen molar-refractivity contribution in [2.45, 2.75) is 13.8 Å². The molecular weight excluding hydrogens is 274 g/mol. The van der Waals surface area contributed by atoms with Crippen molar-refractivity contribution in [3.05, 3.63) is 29.8 Å². The average Bonchev–Trinajstić information content (AvgIpc) is 2.47. The van der Waals surface area contributed by atoms with Crippen LogP contribution >= 0.6 is 11.8 Å². The molecule has 0 saturated heterocycles. The lowest BCUT2D eigenvalue weighted by molar-refractivity contribution is 0.0696. The smallest absolute Gasteiger partial charge is 0.335 e. The van der Waals surface area contributed by atoms with E-state index in [2.05, 4.69) is 18.7 Å². The summed E-state index contributed by atoms with van der Waals surface area (Å²) in [5, 5.41) is 8.89. The van der Waals surface area contributed by atoms with Gasteiger partial charge in [-0.3, -0.25) is 0 Å². The molecule has 112 valence electrons. The first-order valence-electron chi connectivity index (χ1n) is 6.93. The van der Waals surface area contributed by atoms with Gasteiger partial charge in [-0.25, -0.2) is 4.79 Å². The number of ether oxygens (including phenoxy) is 1. The van der Waals surface area contributed by atoms with E-state index in [4.69, 9.17) is 9.84 Å². The predicted octanol–water partition coefficient (Wildman–Crippen LogP) is 2.84.